The number of hydrogen-bond donors (Lipinski definition) is 0. The maximum atomic E-state index is 11.6. The van der Waals surface area contributed by atoms with E-state index in [0.717, 1.165) is 26.2 Å². The molecule has 0 N–H and O–H groups in total. The first kappa shape index (κ1) is 9.38. The first-order chi connectivity index (χ1) is 6.16. The van der Waals surface area contributed by atoms with Crippen LogP contribution in [-0.4, -0.2) is 66.2 Å². The van der Waals surface area contributed by atoms with Crippen LogP contribution in [0.2, 0.25) is 0 Å². The molecule has 0 saturated carbocycles. The van der Waals surface area contributed by atoms with Crippen LogP contribution in [0.3, 0.4) is 0 Å². The molecule has 5 heteroatoms. The summed E-state index contributed by atoms with van der Waals surface area (Å²) in [6, 6.07) is 0.471. The van der Waals surface area contributed by atoms with Crippen LogP contribution in [0.4, 0.5) is 0 Å². The SMILES string of the molecule is CN1CCN(C2CN(P)C2)C(=O)C1. The monoisotopic (exact) mass is 201 g/mol. The molecule has 2 rings (SSSR count). The van der Waals surface area contributed by atoms with Crippen molar-refractivity contribution in [1.82, 2.24) is 14.5 Å². The Balaban J connectivity index is 1.89. The molecule has 2 saturated heterocycles. The number of rotatable bonds is 1. The second kappa shape index (κ2) is 3.52. The van der Waals surface area contributed by atoms with Crippen LogP contribution in [0.1, 0.15) is 0 Å². The second-order valence-corrected chi connectivity index (χ2v) is 4.66. The molecule has 0 aromatic rings. The van der Waals surface area contributed by atoms with E-state index in [9.17, 15) is 4.79 Å². The van der Waals surface area contributed by atoms with Crippen molar-refractivity contribution in [2.75, 3.05) is 39.8 Å². The lowest BCUT2D eigenvalue weighted by atomic mass is 10.1. The van der Waals surface area contributed by atoms with E-state index in [1.165, 1.54) is 0 Å². The van der Waals surface area contributed by atoms with E-state index in [2.05, 4.69) is 19.0 Å². The van der Waals surface area contributed by atoms with Crippen molar-refractivity contribution in [3.63, 3.8) is 0 Å². The van der Waals surface area contributed by atoms with Gasteiger partial charge in [0, 0.05) is 26.2 Å². The minimum absolute atomic E-state index is 0.289. The molecular formula is C8H16N3OP. The molecule has 2 aliphatic heterocycles. The third-order valence-electron chi connectivity index (χ3n) is 2.78. The van der Waals surface area contributed by atoms with Crippen molar-refractivity contribution in [3.05, 3.63) is 0 Å². The highest BCUT2D eigenvalue weighted by atomic mass is 31.0. The third kappa shape index (κ3) is 1.85. The lowest BCUT2D eigenvalue weighted by molar-refractivity contribution is -0.140. The molecule has 2 heterocycles. The molecule has 74 valence electrons. The zero-order valence-electron chi connectivity index (χ0n) is 7.94. The molecule has 13 heavy (non-hydrogen) atoms. The van der Waals surface area contributed by atoms with Gasteiger partial charge in [0.15, 0.2) is 0 Å². The average Bonchev–Trinajstić information content (AvgIpc) is 2.00. The van der Waals surface area contributed by atoms with Crippen LogP contribution in [0.25, 0.3) is 0 Å². The largest absolute Gasteiger partial charge is 0.335 e. The Morgan fingerprint density at radius 1 is 1.38 bits per heavy atom. The summed E-state index contributed by atoms with van der Waals surface area (Å²) in [6.45, 7) is 4.53. The van der Waals surface area contributed by atoms with Gasteiger partial charge in [-0.2, -0.15) is 0 Å². The molecular weight excluding hydrogens is 185 g/mol. The first-order valence-electron chi connectivity index (χ1n) is 4.64. The zero-order valence-corrected chi connectivity index (χ0v) is 9.09. The Morgan fingerprint density at radius 2 is 2.08 bits per heavy atom. The maximum absolute atomic E-state index is 11.6. The lowest BCUT2D eigenvalue weighted by Crippen LogP contribution is -2.62. The molecule has 2 aliphatic rings. The lowest BCUT2D eigenvalue weighted by Gasteiger charge is -2.46. The van der Waals surface area contributed by atoms with E-state index in [1.807, 2.05) is 11.9 Å². The van der Waals surface area contributed by atoms with Gasteiger partial charge in [0.1, 0.15) is 0 Å². The van der Waals surface area contributed by atoms with Crippen LogP contribution >= 0.6 is 9.39 Å². The second-order valence-electron chi connectivity index (χ2n) is 3.93. The van der Waals surface area contributed by atoms with E-state index in [1.54, 1.807) is 0 Å². The highest BCUT2D eigenvalue weighted by Crippen LogP contribution is 2.19. The topological polar surface area (TPSA) is 26.8 Å². The summed E-state index contributed by atoms with van der Waals surface area (Å²) in [5.74, 6) is 0.289. The summed E-state index contributed by atoms with van der Waals surface area (Å²) >= 11 is 0. The Bertz CT molecular complexity index is 217. The van der Waals surface area contributed by atoms with E-state index < -0.39 is 0 Å². The van der Waals surface area contributed by atoms with Crippen molar-refractivity contribution >= 4 is 15.3 Å². The van der Waals surface area contributed by atoms with Gasteiger partial charge in [-0.15, -0.1) is 0 Å². The minimum Gasteiger partial charge on any atom is -0.335 e. The van der Waals surface area contributed by atoms with E-state index >= 15 is 0 Å². The molecule has 1 unspecified atom stereocenters. The van der Waals surface area contributed by atoms with Crippen molar-refractivity contribution in [1.29, 1.82) is 0 Å². The van der Waals surface area contributed by atoms with Gasteiger partial charge in [-0.1, -0.05) is 9.39 Å². The third-order valence-corrected chi connectivity index (χ3v) is 3.20. The minimum atomic E-state index is 0.289. The van der Waals surface area contributed by atoms with Crippen molar-refractivity contribution in [3.8, 4) is 0 Å². The fraction of sp³-hybridized carbons (Fsp3) is 0.875. The fourth-order valence-electron chi connectivity index (χ4n) is 1.88. The number of amides is 1. The molecule has 0 aromatic heterocycles. The van der Waals surface area contributed by atoms with Gasteiger partial charge >= 0.3 is 0 Å². The van der Waals surface area contributed by atoms with E-state index in [-0.39, 0.29) is 5.91 Å². The van der Waals surface area contributed by atoms with Crippen molar-refractivity contribution < 1.29 is 4.79 Å². The summed E-state index contributed by atoms with van der Waals surface area (Å²) in [6.07, 6.45) is 0. The predicted molar refractivity (Wildman–Crippen MR) is 54.3 cm³/mol. The number of nitrogens with zero attached hydrogens (tertiary/aromatic N) is 3. The van der Waals surface area contributed by atoms with E-state index in [4.69, 9.17) is 0 Å². The molecule has 0 aliphatic carbocycles. The highest BCUT2D eigenvalue weighted by molar-refractivity contribution is 7.13. The van der Waals surface area contributed by atoms with Gasteiger partial charge in [-0.05, 0) is 7.05 Å². The zero-order chi connectivity index (χ0) is 9.42. The summed E-state index contributed by atoms with van der Waals surface area (Å²) in [4.78, 5) is 15.7. The van der Waals surface area contributed by atoms with Crippen LogP contribution in [0, 0.1) is 0 Å². The number of carbonyl (C=O) groups is 1. The van der Waals surface area contributed by atoms with Crippen LogP contribution in [0.5, 0.6) is 0 Å². The first-order valence-corrected chi connectivity index (χ1v) is 5.16. The highest BCUT2D eigenvalue weighted by Gasteiger charge is 2.34. The Morgan fingerprint density at radius 3 is 2.62 bits per heavy atom. The molecule has 0 bridgehead atoms. The summed E-state index contributed by atoms with van der Waals surface area (Å²) in [5, 5.41) is 0. The molecule has 4 nitrogen and oxygen atoms in total. The van der Waals surface area contributed by atoms with Crippen LogP contribution in [0.15, 0.2) is 0 Å². The molecule has 2 fully saturated rings. The van der Waals surface area contributed by atoms with Gasteiger partial charge in [-0.3, -0.25) is 14.4 Å². The van der Waals surface area contributed by atoms with Crippen LogP contribution in [-0.2, 0) is 4.79 Å². The molecule has 0 aromatic carbocycles. The summed E-state index contributed by atoms with van der Waals surface area (Å²) in [7, 11) is 4.67. The molecule has 0 radical (unpaired) electrons. The number of piperazine rings is 1. The maximum Gasteiger partial charge on any atom is 0.237 e. The predicted octanol–water partition coefficient (Wildman–Crippen LogP) is -0.765. The molecule has 0 spiro atoms. The number of likely N-dealkylation sites (N-methyl/N-ethyl adjacent to an activating group) is 1. The molecule has 1 atom stereocenters. The van der Waals surface area contributed by atoms with Gasteiger partial charge in [0.25, 0.3) is 0 Å². The van der Waals surface area contributed by atoms with Crippen molar-refractivity contribution in [2.45, 2.75) is 6.04 Å². The van der Waals surface area contributed by atoms with Crippen molar-refractivity contribution in [2.24, 2.45) is 0 Å². The number of hydrogen-bond acceptors (Lipinski definition) is 3. The van der Waals surface area contributed by atoms with Gasteiger partial charge in [0.2, 0.25) is 5.91 Å². The summed E-state index contributed by atoms with van der Waals surface area (Å²) < 4.78 is 2.16. The standard InChI is InChI=1S/C8H16N3OP/c1-9-2-3-11(8(12)6-9)7-4-10(13)5-7/h7H,2-6,13H2,1H3. The fourth-order valence-corrected chi connectivity index (χ4v) is 2.36. The average molecular weight is 201 g/mol. The Labute approximate surface area is 81.1 Å². The molecule has 1 amide bonds. The smallest absolute Gasteiger partial charge is 0.237 e. The van der Waals surface area contributed by atoms with Crippen LogP contribution < -0.4 is 0 Å². The summed E-state index contributed by atoms with van der Waals surface area (Å²) in [5.41, 5.74) is 0. The van der Waals surface area contributed by atoms with Gasteiger partial charge in [0.05, 0.1) is 12.6 Å². The number of carbonyl (C=O) groups excluding carboxylic acids is 1. The Kier molecular flexibility index (Phi) is 2.54. The Hall–Kier alpha value is -0.180. The van der Waals surface area contributed by atoms with E-state index in [0.29, 0.717) is 12.6 Å². The van der Waals surface area contributed by atoms with Gasteiger partial charge < -0.3 is 4.90 Å². The normalized spacial score (nSPS) is 27.8. The quantitative estimate of drug-likeness (QED) is 0.521. The van der Waals surface area contributed by atoms with Gasteiger partial charge in [-0.25, -0.2) is 0 Å².